The number of pyridine rings is 1. The Morgan fingerprint density at radius 3 is 2.50 bits per heavy atom. The van der Waals surface area contributed by atoms with Crippen molar-refractivity contribution in [3.8, 4) is 17.2 Å². The molecule has 28 heavy (non-hydrogen) atoms. The smallest absolute Gasteiger partial charge is 0.261 e. The lowest BCUT2D eigenvalue weighted by atomic mass is 9.97. The van der Waals surface area contributed by atoms with E-state index in [-0.39, 0.29) is 27.2 Å². The predicted octanol–water partition coefficient (Wildman–Crippen LogP) is 1.85. The molecule has 0 bridgehead atoms. The van der Waals surface area contributed by atoms with Gasteiger partial charge in [0.15, 0.2) is 4.77 Å². The Labute approximate surface area is 166 Å². The summed E-state index contributed by atoms with van der Waals surface area (Å²) in [4.78, 5) is 26.7. The monoisotopic (exact) mass is 393 g/mol. The molecule has 3 aromatic rings. The molecule has 1 aromatic carbocycles. The fraction of sp³-hybridized carbons (Fsp3) is 0.263. The van der Waals surface area contributed by atoms with Crippen LogP contribution in [0.15, 0.2) is 29.1 Å². The van der Waals surface area contributed by atoms with Crippen LogP contribution in [-0.2, 0) is 0 Å². The van der Waals surface area contributed by atoms with Gasteiger partial charge in [-0.15, -0.1) is 0 Å². The summed E-state index contributed by atoms with van der Waals surface area (Å²) in [5.41, 5.74) is 8.32. The number of aromatic nitrogens is 3. The summed E-state index contributed by atoms with van der Waals surface area (Å²) in [5, 5.41) is 9.89. The first-order chi connectivity index (χ1) is 13.5. The number of nitrogens with zero attached hydrogens (tertiary/aromatic N) is 4. The highest BCUT2D eigenvalue weighted by atomic mass is 32.1. The van der Waals surface area contributed by atoms with Crippen LogP contribution < -0.4 is 16.2 Å². The first-order valence-electron chi connectivity index (χ1n) is 8.87. The number of nitrogens with two attached hydrogens (primary N) is 1. The molecule has 4 rings (SSSR count). The van der Waals surface area contributed by atoms with E-state index in [1.165, 1.54) is 0 Å². The summed E-state index contributed by atoms with van der Waals surface area (Å²) < 4.78 is 0.158. The molecule has 0 amide bonds. The summed E-state index contributed by atoms with van der Waals surface area (Å²) in [6, 6.07) is 9.90. The van der Waals surface area contributed by atoms with E-state index in [9.17, 15) is 10.1 Å². The lowest BCUT2D eigenvalue weighted by Crippen LogP contribution is -2.44. The lowest BCUT2D eigenvalue weighted by Gasteiger charge is -2.34. The molecule has 0 aliphatic carbocycles. The maximum atomic E-state index is 12.6. The van der Waals surface area contributed by atoms with E-state index in [0.717, 1.165) is 37.4 Å². The number of benzene rings is 1. The highest BCUT2D eigenvalue weighted by Gasteiger charge is 2.19. The topological polar surface area (TPSA) is 118 Å². The molecule has 3 heterocycles. The number of nitrogen functional groups attached to an aromatic ring is 1. The first kappa shape index (κ1) is 18.2. The molecule has 0 saturated carbocycles. The Morgan fingerprint density at radius 1 is 1.18 bits per heavy atom. The quantitative estimate of drug-likeness (QED) is 0.569. The number of anilines is 2. The van der Waals surface area contributed by atoms with Crippen molar-refractivity contribution >= 4 is 34.8 Å². The minimum atomic E-state index is -0.402. The van der Waals surface area contributed by atoms with Crippen molar-refractivity contribution in [1.29, 1.82) is 5.26 Å². The number of fused-ring (bicyclic) bond motifs is 1. The second kappa shape index (κ2) is 7.07. The van der Waals surface area contributed by atoms with E-state index >= 15 is 0 Å². The van der Waals surface area contributed by atoms with Gasteiger partial charge in [-0.3, -0.25) is 9.78 Å². The highest BCUT2D eigenvalue weighted by Crippen LogP contribution is 2.32. The zero-order valence-corrected chi connectivity index (χ0v) is 16.1. The van der Waals surface area contributed by atoms with Gasteiger partial charge in [0.25, 0.3) is 5.56 Å². The van der Waals surface area contributed by atoms with E-state index in [1.807, 2.05) is 24.3 Å². The summed E-state index contributed by atoms with van der Waals surface area (Å²) in [5.74, 6) is 0.0596. The van der Waals surface area contributed by atoms with Crippen LogP contribution in [0.5, 0.6) is 0 Å². The van der Waals surface area contributed by atoms with Crippen LogP contribution >= 0.6 is 12.2 Å². The zero-order chi connectivity index (χ0) is 19.8. The minimum absolute atomic E-state index is 0.0596. The fourth-order valence-electron chi connectivity index (χ4n) is 3.53. The normalized spacial score (nSPS) is 14.9. The lowest BCUT2D eigenvalue weighted by molar-refractivity contribution is 0.313. The number of hydrogen-bond acceptors (Lipinski definition) is 7. The summed E-state index contributed by atoms with van der Waals surface area (Å²) in [7, 11) is 2.12. The average molecular weight is 393 g/mol. The molecule has 0 radical (unpaired) electrons. The van der Waals surface area contributed by atoms with Crippen molar-refractivity contribution in [2.75, 3.05) is 43.9 Å². The van der Waals surface area contributed by atoms with Crippen LogP contribution in [0.2, 0.25) is 0 Å². The third-order valence-corrected chi connectivity index (χ3v) is 5.25. The molecule has 1 aliphatic rings. The molecule has 4 N–H and O–H groups in total. The number of likely N-dealkylation sites (N-methyl/N-ethyl adjacent to an activating group) is 1. The van der Waals surface area contributed by atoms with Gasteiger partial charge < -0.3 is 20.5 Å². The van der Waals surface area contributed by atoms with Crippen LogP contribution in [0.3, 0.4) is 0 Å². The van der Waals surface area contributed by atoms with Gasteiger partial charge in [-0.2, -0.15) is 5.26 Å². The number of piperazine rings is 1. The van der Waals surface area contributed by atoms with Gasteiger partial charge in [-0.05, 0) is 37.0 Å². The van der Waals surface area contributed by atoms with Gasteiger partial charge >= 0.3 is 0 Å². The third kappa shape index (κ3) is 3.13. The van der Waals surface area contributed by atoms with Crippen LogP contribution in [0.25, 0.3) is 22.2 Å². The minimum Gasteiger partial charge on any atom is -0.383 e. The van der Waals surface area contributed by atoms with Crippen molar-refractivity contribution in [3.05, 3.63) is 45.0 Å². The molecule has 8 nitrogen and oxygen atoms in total. The van der Waals surface area contributed by atoms with Gasteiger partial charge in [-0.1, -0.05) is 12.1 Å². The van der Waals surface area contributed by atoms with Crippen molar-refractivity contribution in [2.24, 2.45) is 0 Å². The van der Waals surface area contributed by atoms with Gasteiger partial charge in [0.2, 0.25) is 0 Å². The Bertz CT molecular complexity index is 1200. The molecule has 1 saturated heterocycles. The van der Waals surface area contributed by atoms with Gasteiger partial charge in [0, 0.05) is 37.4 Å². The molecule has 0 unspecified atom stereocenters. The average Bonchev–Trinajstić information content (AvgIpc) is 2.67. The van der Waals surface area contributed by atoms with Crippen molar-refractivity contribution in [1.82, 2.24) is 19.9 Å². The van der Waals surface area contributed by atoms with Gasteiger partial charge in [0.05, 0.1) is 5.39 Å². The first-order valence-corrected chi connectivity index (χ1v) is 9.28. The molecule has 1 aliphatic heterocycles. The number of nitrogens with one attached hydrogen (secondary N) is 2. The van der Waals surface area contributed by atoms with Crippen LogP contribution in [0.1, 0.15) is 5.56 Å². The Morgan fingerprint density at radius 2 is 1.86 bits per heavy atom. The molecular weight excluding hydrogens is 374 g/mol. The molecule has 0 atom stereocenters. The standard InChI is InChI=1S/C19H19N7OS/c1-25-6-8-26(9-7-25)12-4-2-11(3-5-12)14-13(10-20)16(21)22-17-15(14)18(27)24-19(28)23-17/h2-5H,6-9H2,1H3,(H4,21,22,23,24,27,28). The van der Waals surface area contributed by atoms with Gasteiger partial charge in [0.1, 0.15) is 23.1 Å². The molecule has 9 heteroatoms. The van der Waals surface area contributed by atoms with Crippen LogP contribution in [0, 0.1) is 16.1 Å². The number of nitriles is 1. The Hall–Kier alpha value is -3.22. The predicted molar refractivity (Wildman–Crippen MR) is 112 cm³/mol. The molecule has 2 aromatic heterocycles. The van der Waals surface area contributed by atoms with Crippen molar-refractivity contribution < 1.29 is 0 Å². The Balaban J connectivity index is 1.86. The maximum absolute atomic E-state index is 12.6. The molecule has 1 fully saturated rings. The van der Waals surface area contributed by atoms with E-state index < -0.39 is 5.56 Å². The maximum Gasteiger partial charge on any atom is 0.261 e. The van der Waals surface area contributed by atoms with Crippen molar-refractivity contribution in [3.63, 3.8) is 0 Å². The van der Waals surface area contributed by atoms with E-state index in [0.29, 0.717) is 5.56 Å². The number of aromatic amines is 2. The SMILES string of the molecule is CN1CCN(c2ccc(-c3c(C#N)c(N)nc4[nH]c(=S)[nH]c(=O)c34)cc2)CC1. The summed E-state index contributed by atoms with van der Waals surface area (Å²) in [6.45, 7) is 3.95. The number of hydrogen-bond donors (Lipinski definition) is 3. The summed E-state index contributed by atoms with van der Waals surface area (Å²) >= 11 is 5.02. The zero-order valence-electron chi connectivity index (χ0n) is 15.3. The van der Waals surface area contributed by atoms with E-state index in [2.05, 4.69) is 37.9 Å². The van der Waals surface area contributed by atoms with Gasteiger partial charge in [-0.25, -0.2) is 4.98 Å². The summed E-state index contributed by atoms with van der Waals surface area (Å²) in [6.07, 6.45) is 0. The van der Waals surface area contributed by atoms with Crippen LogP contribution in [-0.4, -0.2) is 53.1 Å². The molecule has 142 valence electrons. The largest absolute Gasteiger partial charge is 0.383 e. The second-order valence-corrected chi connectivity index (χ2v) is 7.24. The third-order valence-electron chi connectivity index (χ3n) is 5.05. The number of H-pyrrole nitrogens is 2. The van der Waals surface area contributed by atoms with Crippen molar-refractivity contribution in [2.45, 2.75) is 0 Å². The molecule has 0 spiro atoms. The van der Waals surface area contributed by atoms with E-state index in [1.54, 1.807) is 0 Å². The van der Waals surface area contributed by atoms with E-state index in [4.69, 9.17) is 18.0 Å². The number of rotatable bonds is 2. The Kier molecular flexibility index (Phi) is 4.58. The van der Waals surface area contributed by atoms with Crippen LogP contribution in [0.4, 0.5) is 11.5 Å². The highest BCUT2D eigenvalue weighted by molar-refractivity contribution is 7.71. The molecular formula is C19H19N7OS. The second-order valence-electron chi connectivity index (χ2n) is 6.83. The fourth-order valence-corrected chi connectivity index (χ4v) is 3.71.